The van der Waals surface area contributed by atoms with Crippen molar-refractivity contribution in [1.29, 1.82) is 0 Å². The van der Waals surface area contributed by atoms with E-state index in [9.17, 15) is 4.39 Å². The molecule has 1 aromatic carbocycles. The zero-order valence-electron chi connectivity index (χ0n) is 11.0. The fourth-order valence-electron chi connectivity index (χ4n) is 2.40. The lowest BCUT2D eigenvalue weighted by Gasteiger charge is -2.28. The first-order chi connectivity index (χ1) is 9.13. The van der Waals surface area contributed by atoms with Gasteiger partial charge in [0.15, 0.2) is 11.6 Å². The van der Waals surface area contributed by atoms with E-state index in [-0.39, 0.29) is 16.8 Å². The molecule has 0 amide bonds. The van der Waals surface area contributed by atoms with Crippen LogP contribution in [0, 0.1) is 11.7 Å². The summed E-state index contributed by atoms with van der Waals surface area (Å²) in [7, 11) is 0. The first-order valence-corrected chi connectivity index (χ1v) is 6.96. The van der Waals surface area contributed by atoms with E-state index in [0.29, 0.717) is 25.7 Å². The van der Waals surface area contributed by atoms with Crippen molar-refractivity contribution in [3.8, 4) is 5.75 Å². The number of hydrogen-bond donors (Lipinski definition) is 1. The van der Waals surface area contributed by atoms with Crippen molar-refractivity contribution < 1.29 is 13.9 Å². The fourth-order valence-corrected chi connectivity index (χ4v) is 2.67. The van der Waals surface area contributed by atoms with Crippen molar-refractivity contribution in [2.45, 2.75) is 25.8 Å². The van der Waals surface area contributed by atoms with Gasteiger partial charge in [-0.1, -0.05) is 11.6 Å². The Morgan fingerprint density at radius 2 is 2.16 bits per heavy atom. The van der Waals surface area contributed by atoms with E-state index < -0.39 is 5.82 Å². The minimum Gasteiger partial charge on any atom is -0.489 e. The zero-order chi connectivity index (χ0) is 13.8. The molecule has 0 aliphatic carbocycles. The normalized spacial score (nSPS) is 18.3. The van der Waals surface area contributed by atoms with E-state index in [4.69, 9.17) is 26.8 Å². The van der Waals surface area contributed by atoms with Crippen LogP contribution in [0.3, 0.4) is 0 Å². The summed E-state index contributed by atoms with van der Waals surface area (Å²) in [6.07, 6.45) is 1.79. The minimum absolute atomic E-state index is 0.104. The molecule has 1 aliphatic heterocycles. The second-order valence-electron chi connectivity index (χ2n) is 4.72. The molecule has 2 N–H and O–H groups in total. The smallest absolute Gasteiger partial charge is 0.173 e. The van der Waals surface area contributed by atoms with Crippen LogP contribution in [-0.2, 0) is 4.74 Å². The molecule has 0 unspecified atom stereocenters. The van der Waals surface area contributed by atoms with E-state index in [1.165, 1.54) is 6.07 Å². The lowest BCUT2D eigenvalue weighted by Crippen LogP contribution is -2.27. The fraction of sp³-hybridized carbons (Fsp3) is 0.571. The Morgan fingerprint density at radius 1 is 1.47 bits per heavy atom. The molecular formula is C14H19ClFNO2. The average molecular weight is 288 g/mol. The molecule has 0 aromatic heterocycles. The van der Waals surface area contributed by atoms with Crippen LogP contribution >= 0.6 is 11.6 Å². The summed E-state index contributed by atoms with van der Waals surface area (Å²) in [5, 5.41) is 0.277. The lowest BCUT2D eigenvalue weighted by atomic mass is 9.88. The number of ether oxygens (including phenoxy) is 2. The molecule has 1 heterocycles. The van der Waals surface area contributed by atoms with Gasteiger partial charge in [0.1, 0.15) is 0 Å². The van der Waals surface area contributed by atoms with Crippen molar-refractivity contribution in [2.24, 2.45) is 11.7 Å². The molecule has 0 radical (unpaired) electrons. The number of rotatable bonds is 4. The molecule has 0 saturated carbocycles. The highest BCUT2D eigenvalue weighted by Crippen LogP contribution is 2.34. The average Bonchev–Trinajstić information content (AvgIpc) is 2.43. The summed E-state index contributed by atoms with van der Waals surface area (Å²) < 4.78 is 24.4. The second-order valence-corrected chi connectivity index (χ2v) is 5.13. The van der Waals surface area contributed by atoms with Gasteiger partial charge in [-0.2, -0.15) is 0 Å². The topological polar surface area (TPSA) is 44.5 Å². The molecule has 106 valence electrons. The largest absolute Gasteiger partial charge is 0.489 e. The molecule has 0 spiro atoms. The van der Waals surface area contributed by atoms with Crippen molar-refractivity contribution in [1.82, 2.24) is 0 Å². The quantitative estimate of drug-likeness (QED) is 0.924. The minimum atomic E-state index is -0.452. The van der Waals surface area contributed by atoms with Gasteiger partial charge in [0.05, 0.1) is 11.6 Å². The van der Waals surface area contributed by atoms with E-state index in [1.807, 2.05) is 0 Å². The summed E-state index contributed by atoms with van der Waals surface area (Å²) in [6.45, 7) is 3.59. The SMILES string of the molecule is CCOc1c(F)cc([C@H](N)C2CCOCC2)cc1Cl. The van der Waals surface area contributed by atoms with Gasteiger partial charge in [-0.25, -0.2) is 4.39 Å². The van der Waals surface area contributed by atoms with Gasteiger partial charge in [0.2, 0.25) is 0 Å². The molecule has 1 atom stereocenters. The molecule has 3 nitrogen and oxygen atoms in total. The van der Waals surface area contributed by atoms with Gasteiger partial charge in [0.25, 0.3) is 0 Å². The Kier molecular flexibility index (Phi) is 5.02. The van der Waals surface area contributed by atoms with E-state index in [0.717, 1.165) is 18.4 Å². The first-order valence-electron chi connectivity index (χ1n) is 6.58. The third kappa shape index (κ3) is 3.38. The zero-order valence-corrected chi connectivity index (χ0v) is 11.8. The predicted octanol–water partition coefficient (Wildman–Crippen LogP) is 3.30. The van der Waals surface area contributed by atoms with Crippen LogP contribution in [0.15, 0.2) is 12.1 Å². The molecule has 2 rings (SSSR count). The highest BCUT2D eigenvalue weighted by atomic mass is 35.5. The van der Waals surface area contributed by atoms with E-state index >= 15 is 0 Å². The maximum Gasteiger partial charge on any atom is 0.173 e. The summed E-state index contributed by atoms with van der Waals surface area (Å²) in [5.41, 5.74) is 6.93. The van der Waals surface area contributed by atoms with Gasteiger partial charge < -0.3 is 15.2 Å². The number of nitrogens with two attached hydrogens (primary N) is 1. The molecule has 1 aliphatic rings. The molecule has 5 heteroatoms. The molecule has 1 fully saturated rings. The monoisotopic (exact) mass is 287 g/mol. The molecule has 19 heavy (non-hydrogen) atoms. The standard InChI is InChI=1S/C14H19ClFNO2/c1-2-19-14-11(15)7-10(8-12(14)16)13(17)9-3-5-18-6-4-9/h7-9,13H,2-6,17H2,1H3/t13-/m1/s1. The van der Waals surface area contributed by atoms with Crippen LogP contribution in [0.1, 0.15) is 31.4 Å². The summed E-state index contributed by atoms with van der Waals surface area (Å²) >= 11 is 6.05. The molecular weight excluding hydrogens is 269 g/mol. The number of benzene rings is 1. The number of halogens is 2. The Balaban J connectivity index is 2.20. The Morgan fingerprint density at radius 3 is 2.74 bits per heavy atom. The van der Waals surface area contributed by atoms with Crippen LogP contribution in [0.25, 0.3) is 0 Å². The van der Waals surface area contributed by atoms with Crippen molar-refractivity contribution in [2.75, 3.05) is 19.8 Å². The summed E-state index contributed by atoms with van der Waals surface area (Å²) in [6, 6.07) is 2.92. The molecule has 1 aromatic rings. The predicted molar refractivity (Wildman–Crippen MR) is 73.1 cm³/mol. The molecule has 0 bridgehead atoms. The van der Waals surface area contributed by atoms with Gasteiger partial charge in [-0.05, 0) is 43.4 Å². The summed E-state index contributed by atoms with van der Waals surface area (Å²) in [5.74, 6) is -0.0406. The van der Waals surface area contributed by atoms with Gasteiger partial charge in [-0.15, -0.1) is 0 Å². The van der Waals surface area contributed by atoms with Crippen LogP contribution in [0.4, 0.5) is 4.39 Å². The van der Waals surface area contributed by atoms with Crippen LogP contribution in [0.5, 0.6) is 5.75 Å². The summed E-state index contributed by atoms with van der Waals surface area (Å²) in [4.78, 5) is 0. The Labute approximate surface area is 117 Å². The molecule has 1 saturated heterocycles. The second kappa shape index (κ2) is 6.55. The van der Waals surface area contributed by atoms with Crippen molar-refractivity contribution >= 4 is 11.6 Å². The van der Waals surface area contributed by atoms with Gasteiger partial charge in [-0.3, -0.25) is 0 Å². The van der Waals surface area contributed by atoms with Gasteiger partial charge >= 0.3 is 0 Å². The van der Waals surface area contributed by atoms with Gasteiger partial charge in [0, 0.05) is 19.3 Å². The first kappa shape index (κ1) is 14.6. The maximum absolute atomic E-state index is 13.9. The highest BCUT2D eigenvalue weighted by molar-refractivity contribution is 6.32. The van der Waals surface area contributed by atoms with Crippen LogP contribution in [0.2, 0.25) is 5.02 Å². The van der Waals surface area contributed by atoms with Crippen molar-refractivity contribution in [3.05, 3.63) is 28.5 Å². The van der Waals surface area contributed by atoms with Crippen molar-refractivity contribution in [3.63, 3.8) is 0 Å². The third-order valence-electron chi connectivity index (χ3n) is 3.47. The van der Waals surface area contributed by atoms with Crippen LogP contribution < -0.4 is 10.5 Å². The third-order valence-corrected chi connectivity index (χ3v) is 3.75. The highest BCUT2D eigenvalue weighted by Gasteiger charge is 2.24. The number of hydrogen-bond acceptors (Lipinski definition) is 3. The van der Waals surface area contributed by atoms with Crippen LogP contribution in [-0.4, -0.2) is 19.8 Å². The van der Waals surface area contributed by atoms with E-state index in [1.54, 1.807) is 13.0 Å². The lowest BCUT2D eigenvalue weighted by molar-refractivity contribution is 0.0583. The Bertz CT molecular complexity index is 412. The Hall–Kier alpha value is -0.840. The van der Waals surface area contributed by atoms with E-state index in [2.05, 4.69) is 0 Å². The maximum atomic E-state index is 13.9.